The van der Waals surface area contributed by atoms with E-state index >= 15 is 0 Å². The average molecular weight is 317 g/mol. The summed E-state index contributed by atoms with van der Waals surface area (Å²) in [5, 5.41) is 2.64. The SMILES string of the molecule is CNC(=O)c1ccc(OC2CC2)c(B2OC(C)(C)C(C)(C)O2)c1. The Hall–Kier alpha value is -1.53. The largest absolute Gasteiger partial charge is 0.498 e. The Morgan fingerprint density at radius 1 is 1.22 bits per heavy atom. The van der Waals surface area contributed by atoms with Gasteiger partial charge in [-0.1, -0.05) is 0 Å². The fourth-order valence-corrected chi connectivity index (χ4v) is 2.46. The van der Waals surface area contributed by atoms with Gasteiger partial charge in [-0.15, -0.1) is 0 Å². The summed E-state index contributed by atoms with van der Waals surface area (Å²) in [6.45, 7) is 8.04. The molecule has 23 heavy (non-hydrogen) atoms. The molecule has 1 aliphatic carbocycles. The Labute approximate surface area is 137 Å². The van der Waals surface area contributed by atoms with Gasteiger partial charge in [-0.2, -0.15) is 0 Å². The molecule has 1 saturated carbocycles. The normalized spacial score (nSPS) is 22.0. The second-order valence-electron chi connectivity index (χ2n) is 7.24. The number of ether oxygens (including phenoxy) is 1. The molecule has 2 aliphatic rings. The summed E-state index contributed by atoms with van der Waals surface area (Å²) in [4.78, 5) is 11.9. The summed E-state index contributed by atoms with van der Waals surface area (Å²) in [7, 11) is 1.07. The summed E-state index contributed by atoms with van der Waals surface area (Å²) < 4.78 is 18.2. The molecule has 1 aromatic carbocycles. The van der Waals surface area contributed by atoms with Crippen LogP contribution in [0.15, 0.2) is 18.2 Å². The van der Waals surface area contributed by atoms with Gasteiger partial charge < -0.3 is 19.4 Å². The maximum atomic E-state index is 11.9. The molecule has 0 bridgehead atoms. The third-order valence-electron chi connectivity index (χ3n) is 4.82. The van der Waals surface area contributed by atoms with Crippen LogP contribution in [0.1, 0.15) is 50.9 Å². The molecule has 1 aliphatic heterocycles. The van der Waals surface area contributed by atoms with E-state index in [4.69, 9.17) is 14.0 Å². The summed E-state index contributed by atoms with van der Waals surface area (Å²) in [6, 6.07) is 5.41. The van der Waals surface area contributed by atoms with Gasteiger partial charge in [0.2, 0.25) is 0 Å². The first-order chi connectivity index (χ1) is 10.7. The molecule has 1 heterocycles. The molecule has 1 aromatic rings. The zero-order chi connectivity index (χ0) is 16.8. The van der Waals surface area contributed by atoms with E-state index in [2.05, 4.69) is 5.32 Å². The maximum absolute atomic E-state index is 11.9. The van der Waals surface area contributed by atoms with Crippen LogP contribution in [-0.2, 0) is 9.31 Å². The van der Waals surface area contributed by atoms with E-state index < -0.39 is 18.3 Å². The van der Waals surface area contributed by atoms with E-state index in [1.54, 1.807) is 19.2 Å². The van der Waals surface area contributed by atoms with Gasteiger partial charge in [-0.25, -0.2) is 0 Å². The summed E-state index contributed by atoms with van der Waals surface area (Å²) >= 11 is 0. The molecule has 6 heteroatoms. The number of rotatable bonds is 4. The third kappa shape index (κ3) is 3.10. The standard InChI is InChI=1S/C17H24BNO4/c1-16(2)17(3,4)23-18(22-16)13-10-11(15(20)19-5)6-9-14(13)21-12-7-8-12/h6,9-10,12H,7-8H2,1-5H3,(H,19,20). The van der Waals surface area contributed by atoms with Crippen LogP contribution < -0.4 is 15.5 Å². The van der Waals surface area contributed by atoms with Crippen molar-refractivity contribution in [3.05, 3.63) is 23.8 Å². The van der Waals surface area contributed by atoms with Crippen molar-refractivity contribution in [1.82, 2.24) is 5.32 Å². The molecule has 124 valence electrons. The van der Waals surface area contributed by atoms with E-state index in [1.165, 1.54) is 0 Å². The Morgan fingerprint density at radius 2 is 1.83 bits per heavy atom. The summed E-state index contributed by atoms with van der Waals surface area (Å²) in [5.41, 5.74) is 0.478. The van der Waals surface area contributed by atoms with Crippen LogP contribution in [0.3, 0.4) is 0 Å². The molecule has 1 amide bonds. The molecular formula is C17H24BNO4. The monoisotopic (exact) mass is 317 g/mol. The van der Waals surface area contributed by atoms with E-state index in [9.17, 15) is 4.79 Å². The Morgan fingerprint density at radius 3 is 2.35 bits per heavy atom. The van der Waals surface area contributed by atoms with Gasteiger partial charge in [0.1, 0.15) is 5.75 Å². The molecule has 1 saturated heterocycles. The van der Waals surface area contributed by atoms with Crippen molar-refractivity contribution < 1.29 is 18.8 Å². The van der Waals surface area contributed by atoms with Crippen molar-refractivity contribution in [2.24, 2.45) is 0 Å². The molecular weight excluding hydrogens is 293 g/mol. The minimum Gasteiger partial charge on any atom is -0.491 e. The first-order valence-corrected chi connectivity index (χ1v) is 8.12. The predicted molar refractivity (Wildman–Crippen MR) is 89.2 cm³/mol. The first kappa shape index (κ1) is 16.3. The van der Waals surface area contributed by atoms with Crippen molar-refractivity contribution in [3.8, 4) is 5.75 Å². The van der Waals surface area contributed by atoms with Crippen molar-refractivity contribution in [3.63, 3.8) is 0 Å². The highest BCUT2D eigenvalue weighted by Crippen LogP contribution is 2.37. The summed E-state index contributed by atoms with van der Waals surface area (Å²) in [5.74, 6) is 0.597. The van der Waals surface area contributed by atoms with Gasteiger partial charge in [0, 0.05) is 18.1 Å². The predicted octanol–water partition coefficient (Wildman–Crippen LogP) is 1.89. The van der Waals surface area contributed by atoms with Crippen LogP contribution >= 0.6 is 0 Å². The van der Waals surface area contributed by atoms with Gasteiger partial charge in [-0.3, -0.25) is 4.79 Å². The quantitative estimate of drug-likeness (QED) is 0.862. The lowest BCUT2D eigenvalue weighted by Crippen LogP contribution is -2.41. The number of carbonyl (C=O) groups excluding carboxylic acids is 1. The Bertz CT molecular complexity index is 609. The zero-order valence-corrected chi connectivity index (χ0v) is 14.4. The molecule has 3 rings (SSSR count). The van der Waals surface area contributed by atoms with Crippen LogP contribution in [0.25, 0.3) is 0 Å². The lowest BCUT2D eigenvalue weighted by molar-refractivity contribution is 0.00578. The van der Waals surface area contributed by atoms with Gasteiger partial charge in [-0.05, 0) is 58.7 Å². The number of hydrogen-bond acceptors (Lipinski definition) is 4. The minimum atomic E-state index is -0.543. The molecule has 0 unspecified atom stereocenters. The van der Waals surface area contributed by atoms with Gasteiger partial charge in [0.05, 0.1) is 17.3 Å². The summed E-state index contributed by atoms with van der Waals surface area (Å²) in [6.07, 6.45) is 2.40. The van der Waals surface area contributed by atoms with E-state index in [1.807, 2.05) is 33.8 Å². The van der Waals surface area contributed by atoms with E-state index in [0.29, 0.717) is 5.56 Å². The van der Waals surface area contributed by atoms with Crippen LogP contribution in [0, 0.1) is 0 Å². The molecule has 0 radical (unpaired) electrons. The highest BCUT2D eigenvalue weighted by atomic mass is 16.7. The Kier molecular flexibility index (Phi) is 3.93. The first-order valence-electron chi connectivity index (χ1n) is 8.12. The average Bonchev–Trinajstić information content (AvgIpc) is 3.25. The second kappa shape index (κ2) is 5.53. The van der Waals surface area contributed by atoms with Crippen LogP contribution in [0.2, 0.25) is 0 Å². The van der Waals surface area contributed by atoms with Gasteiger partial charge in [0.15, 0.2) is 0 Å². The fraction of sp³-hybridized carbons (Fsp3) is 0.588. The van der Waals surface area contributed by atoms with Crippen LogP contribution in [-0.4, -0.2) is 37.4 Å². The maximum Gasteiger partial charge on any atom is 0.498 e. The van der Waals surface area contributed by atoms with E-state index in [-0.39, 0.29) is 12.0 Å². The zero-order valence-electron chi connectivity index (χ0n) is 14.4. The van der Waals surface area contributed by atoms with Crippen molar-refractivity contribution in [2.75, 3.05) is 7.05 Å². The highest BCUT2D eigenvalue weighted by Gasteiger charge is 2.52. The van der Waals surface area contributed by atoms with Crippen molar-refractivity contribution >= 4 is 18.5 Å². The number of carbonyl (C=O) groups is 1. The van der Waals surface area contributed by atoms with E-state index in [0.717, 1.165) is 24.1 Å². The lowest BCUT2D eigenvalue weighted by atomic mass is 9.77. The molecule has 0 aromatic heterocycles. The van der Waals surface area contributed by atoms with Crippen LogP contribution in [0.5, 0.6) is 5.75 Å². The smallest absolute Gasteiger partial charge is 0.491 e. The Balaban J connectivity index is 1.96. The number of amides is 1. The molecule has 0 spiro atoms. The molecule has 5 nitrogen and oxygen atoms in total. The van der Waals surface area contributed by atoms with Gasteiger partial charge in [0.25, 0.3) is 5.91 Å². The van der Waals surface area contributed by atoms with Gasteiger partial charge >= 0.3 is 7.12 Å². The van der Waals surface area contributed by atoms with Crippen molar-refractivity contribution in [2.45, 2.75) is 57.8 Å². The number of benzene rings is 1. The third-order valence-corrected chi connectivity index (χ3v) is 4.82. The highest BCUT2D eigenvalue weighted by molar-refractivity contribution is 6.63. The van der Waals surface area contributed by atoms with Crippen LogP contribution in [0.4, 0.5) is 0 Å². The second-order valence-corrected chi connectivity index (χ2v) is 7.24. The number of nitrogens with one attached hydrogen (secondary N) is 1. The molecule has 0 atom stereocenters. The minimum absolute atomic E-state index is 0.138. The topological polar surface area (TPSA) is 56.8 Å². The molecule has 2 fully saturated rings. The lowest BCUT2D eigenvalue weighted by Gasteiger charge is -2.32. The fourth-order valence-electron chi connectivity index (χ4n) is 2.46. The number of hydrogen-bond donors (Lipinski definition) is 1. The van der Waals surface area contributed by atoms with Crippen molar-refractivity contribution in [1.29, 1.82) is 0 Å². The molecule has 1 N–H and O–H groups in total.